The zero-order chi connectivity index (χ0) is 18.8. The van der Waals surface area contributed by atoms with Gasteiger partial charge in [0.15, 0.2) is 6.61 Å². The fourth-order valence-electron chi connectivity index (χ4n) is 2.66. The van der Waals surface area contributed by atoms with E-state index < -0.39 is 5.97 Å². The van der Waals surface area contributed by atoms with Crippen LogP contribution in [-0.4, -0.2) is 18.5 Å². The Kier molecular flexibility index (Phi) is 7.62. The minimum atomic E-state index is -0.457. The number of esters is 1. The number of carbonyl (C=O) groups is 2. The predicted octanol–water partition coefficient (Wildman–Crippen LogP) is 3.99. The molecule has 1 atom stereocenters. The molecule has 4 nitrogen and oxygen atoms in total. The van der Waals surface area contributed by atoms with Crippen molar-refractivity contribution in [2.45, 2.75) is 32.7 Å². The van der Waals surface area contributed by atoms with E-state index in [2.05, 4.69) is 5.32 Å². The van der Waals surface area contributed by atoms with Gasteiger partial charge in [0.1, 0.15) is 0 Å². The maximum absolute atomic E-state index is 12.3. The molecule has 1 amide bonds. The summed E-state index contributed by atoms with van der Waals surface area (Å²) in [4.78, 5) is 24.1. The van der Waals surface area contributed by atoms with Crippen molar-refractivity contribution < 1.29 is 14.3 Å². The zero-order valence-corrected chi connectivity index (χ0v) is 15.3. The van der Waals surface area contributed by atoms with E-state index in [0.29, 0.717) is 12.0 Å². The second-order valence-electron chi connectivity index (χ2n) is 6.09. The third-order valence-electron chi connectivity index (χ3n) is 3.99. The molecule has 0 aliphatic heterocycles. The first-order chi connectivity index (χ1) is 12.6. The zero-order valence-electron chi connectivity index (χ0n) is 15.3. The smallest absolute Gasteiger partial charge is 0.333 e. The fourth-order valence-corrected chi connectivity index (χ4v) is 2.66. The molecule has 2 aromatic carbocycles. The molecule has 0 aliphatic carbocycles. The van der Waals surface area contributed by atoms with E-state index in [9.17, 15) is 9.59 Å². The Morgan fingerprint density at radius 1 is 1.04 bits per heavy atom. The number of carbonyl (C=O) groups excluding carboxylic acids is 2. The van der Waals surface area contributed by atoms with Crippen LogP contribution in [0, 0.1) is 0 Å². The first kappa shape index (κ1) is 19.4. The average Bonchev–Trinajstić information content (AvgIpc) is 2.67. The van der Waals surface area contributed by atoms with E-state index in [1.165, 1.54) is 0 Å². The Morgan fingerprint density at radius 2 is 1.65 bits per heavy atom. The highest BCUT2D eigenvalue weighted by molar-refractivity contribution is 5.90. The van der Waals surface area contributed by atoms with E-state index >= 15 is 0 Å². The Balaban J connectivity index is 2.01. The van der Waals surface area contributed by atoms with Crippen LogP contribution in [0.1, 0.15) is 37.4 Å². The first-order valence-corrected chi connectivity index (χ1v) is 8.82. The van der Waals surface area contributed by atoms with E-state index in [1.807, 2.05) is 67.6 Å². The van der Waals surface area contributed by atoms with E-state index in [-0.39, 0.29) is 18.6 Å². The van der Waals surface area contributed by atoms with Crippen molar-refractivity contribution in [1.29, 1.82) is 0 Å². The van der Waals surface area contributed by atoms with Gasteiger partial charge in [-0.25, -0.2) is 4.79 Å². The Morgan fingerprint density at radius 3 is 2.27 bits per heavy atom. The molecule has 0 heterocycles. The highest BCUT2D eigenvalue weighted by atomic mass is 16.5. The summed E-state index contributed by atoms with van der Waals surface area (Å²) in [7, 11) is 0. The number of allylic oxidation sites excluding steroid dienone is 1. The van der Waals surface area contributed by atoms with Gasteiger partial charge in [-0.05, 0) is 30.9 Å². The van der Waals surface area contributed by atoms with E-state index in [0.717, 1.165) is 17.5 Å². The van der Waals surface area contributed by atoms with Gasteiger partial charge in [-0.2, -0.15) is 0 Å². The van der Waals surface area contributed by atoms with E-state index in [1.54, 1.807) is 13.0 Å². The molecule has 0 aromatic heterocycles. The summed E-state index contributed by atoms with van der Waals surface area (Å²) in [5.74, 6) is -0.770. The van der Waals surface area contributed by atoms with Crippen molar-refractivity contribution in [3.8, 4) is 0 Å². The van der Waals surface area contributed by atoms with Gasteiger partial charge in [0, 0.05) is 5.57 Å². The number of nitrogens with one attached hydrogen (secondary N) is 1. The topological polar surface area (TPSA) is 55.4 Å². The highest BCUT2D eigenvalue weighted by Gasteiger charge is 2.16. The third-order valence-corrected chi connectivity index (χ3v) is 3.99. The summed E-state index contributed by atoms with van der Waals surface area (Å²) in [5.41, 5.74) is 2.66. The van der Waals surface area contributed by atoms with Gasteiger partial charge >= 0.3 is 5.97 Å². The second-order valence-corrected chi connectivity index (χ2v) is 6.09. The number of rotatable bonds is 8. The Bertz CT molecular complexity index is 738. The number of amides is 1. The molecule has 0 radical (unpaired) electrons. The molecule has 0 saturated heterocycles. The molecule has 1 unspecified atom stereocenters. The number of ether oxygens (including phenoxy) is 1. The first-order valence-electron chi connectivity index (χ1n) is 8.82. The van der Waals surface area contributed by atoms with Gasteiger partial charge in [0.25, 0.3) is 5.91 Å². The Hall–Kier alpha value is -2.88. The lowest BCUT2D eigenvalue weighted by molar-refractivity contribution is -0.145. The number of hydrogen-bond donors (Lipinski definition) is 1. The van der Waals surface area contributed by atoms with Gasteiger partial charge < -0.3 is 10.1 Å². The molecule has 0 aliphatic rings. The van der Waals surface area contributed by atoms with Crippen molar-refractivity contribution in [2.24, 2.45) is 0 Å². The summed E-state index contributed by atoms with van der Waals surface area (Å²) >= 11 is 0. The lowest BCUT2D eigenvalue weighted by Gasteiger charge is -2.19. The molecule has 2 rings (SSSR count). The van der Waals surface area contributed by atoms with Crippen molar-refractivity contribution in [3.05, 3.63) is 83.4 Å². The SMILES string of the molecule is CC/C=C(/C)C(=O)OCC(=O)NC(Cc1ccccc1)c1ccccc1. The van der Waals surface area contributed by atoms with Crippen LogP contribution in [0.4, 0.5) is 0 Å². The molecule has 0 fully saturated rings. The number of hydrogen-bond acceptors (Lipinski definition) is 3. The van der Waals surface area contributed by atoms with Crippen LogP contribution in [0.25, 0.3) is 0 Å². The van der Waals surface area contributed by atoms with Gasteiger partial charge in [0.2, 0.25) is 0 Å². The molecule has 26 heavy (non-hydrogen) atoms. The molecular formula is C22H25NO3. The van der Waals surface area contributed by atoms with Crippen molar-refractivity contribution >= 4 is 11.9 Å². The van der Waals surface area contributed by atoms with Crippen molar-refractivity contribution in [2.75, 3.05) is 6.61 Å². The largest absolute Gasteiger partial charge is 0.452 e. The molecular weight excluding hydrogens is 326 g/mol. The normalized spacial score (nSPS) is 12.3. The van der Waals surface area contributed by atoms with Crippen LogP contribution >= 0.6 is 0 Å². The number of benzene rings is 2. The molecule has 0 spiro atoms. The minimum absolute atomic E-state index is 0.183. The maximum Gasteiger partial charge on any atom is 0.333 e. The lowest BCUT2D eigenvalue weighted by atomic mass is 9.99. The quantitative estimate of drug-likeness (QED) is 0.578. The summed E-state index contributed by atoms with van der Waals surface area (Å²) in [6.07, 6.45) is 3.20. The van der Waals surface area contributed by atoms with Crippen molar-refractivity contribution in [3.63, 3.8) is 0 Å². The maximum atomic E-state index is 12.3. The standard InChI is InChI=1S/C22H25NO3/c1-3-10-17(2)22(25)26-16-21(24)23-20(19-13-8-5-9-14-19)15-18-11-6-4-7-12-18/h4-14,20H,3,15-16H2,1-2H3,(H,23,24)/b17-10-. The molecule has 136 valence electrons. The van der Waals surface area contributed by atoms with Crippen LogP contribution in [0.5, 0.6) is 0 Å². The van der Waals surface area contributed by atoms with Crippen LogP contribution in [0.3, 0.4) is 0 Å². The highest BCUT2D eigenvalue weighted by Crippen LogP contribution is 2.18. The summed E-state index contributed by atoms with van der Waals surface area (Å²) in [6, 6.07) is 19.6. The van der Waals surface area contributed by atoms with Crippen LogP contribution in [0.2, 0.25) is 0 Å². The van der Waals surface area contributed by atoms with Gasteiger partial charge in [-0.15, -0.1) is 0 Å². The second kappa shape index (κ2) is 10.2. The minimum Gasteiger partial charge on any atom is -0.452 e. The van der Waals surface area contributed by atoms with E-state index in [4.69, 9.17) is 4.74 Å². The fraction of sp³-hybridized carbons (Fsp3) is 0.273. The summed E-state index contributed by atoms with van der Waals surface area (Å²) < 4.78 is 5.09. The molecule has 4 heteroatoms. The van der Waals surface area contributed by atoms with Gasteiger partial charge in [-0.3, -0.25) is 4.79 Å². The lowest BCUT2D eigenvalue weighted by Crippen LogP contribution is -2.33. The molecule has 0 bridgehead atoms. The summed E-state index contributed by atoms with van der Waals surface area (Å²) in [6.45, 7) is 3.34. The van der Waals surface area contributed by atoms with Crippen molar-refractivity contribution in [1.82, 2.24) is 5.32 Å². The predicted molar refractivity (Wildman–Crippen MR) is 102 cm³/mol. The molecule has 2 aromatic rings. The molecule has 1 N–H and O–H groups in total. The van der Waals surface area contributed by atoms with Gasteiger partial charge in [0.05, 0.1) is 6.04 Å². The Labute approximate surface area is 154 Å². The van der Waals surface area contributed by atoms with Crippen LogP contribution < -0.4 is 5.32 Å². The van der Waals surface area contributed by atoms with Crippen LogP contribution in [0.15, 0.2) is 72.3 Å². The third kappa shape index (κ3) is 6.20. The van der Waals surface area contributed by atoms with Crippen LogP contribution in [-0.2, 0) is 20.7 Å². The average molecular weight is 351 g/mol. The summed E-state index contributed by atoms with van der Waals surface area (Å²) in [5, 5.41) is 2.97. The molecule has 0 saturated carbocycles. The monoisotopic (exact) mass is 351 g/mol. The van der Waals surface area contributed by atoms with Gasteiger partial charge in [-0.1, -0.05) is 73.7 Å².